The van der Waals surface area contributed by atoms with Crippen LogP contribution < -0.4 is 11.1 Å². The van der Waals surface area contributed by atoms with Gasteiger partial charge in [0.15, 0.2) is 0 Å². The van der Waals surface area contributed by atoms with E-state index in [1.807, 2.05) is 20.8 Å². The van der Waals surface area contributed by atoms with E-state index in [9.17, 15) is 4.79 Å². The Kier molecular flexibility index (Phi) is 4.55. The van der Waals surface area contributed by atoms with Gasteiger partial charge in [0.1, 0.15) is 5.60 Å². The summed E-state index contributed by atoms with van der Waals surface area (Å²) in [7, 11) is 1.54. The molecule has 0 bridgehead atoms. The van der Waals surface area contributed by atoms with Crippen LogP contribution in [0.2, 0.25) is 0 Å². The molecular formula is C10H22N2O2. The standard InChI is InChI=1S/C10H22N2O2/c1-6-10(4,14-5)8(13)12-9(2,3)7-11/h6-7,11H2,1-5H3,(H,12,13). The Morgan fingerprint density at radius 1 is 1.43 bits per heavy atom. The van der Waals surface area contributed by atoms with Crippen LogP contribution in [0.1, 0.15) is 34.1 Å². The number of methoxy groups -OCH3 is 1. The summed E-state index contributed by atoms with van der Waals surface area (Å²) >= 11 is 0. The summed E-state index contributed by atoms with van der Waals surface area (Å²) in [5.41, 5.74) is 4.38. The van der Waals surface area contributed by atoms with Crippen molar-refractivity contribution < 1.29 is 9.53 Å². The Morgan fingerprint density at radius 2 is 1.93 bits per heavy atom. The molecule has 0 aromatic rings. The Morgan fingerprint density at radius 3 is 2.21 bits per heavy atom. The highest BCUT2D eigenvalue weighted by molar-refractivity contribution is 5.85. The lowest BCUT2D eigenvalue weighted by molar-refractivity contribution is -0.143. The van der Waals surface area contributed by atoms with Crippen molar-refractivity contribution in [2.75, 3.05) is 13.7 Å². The summed E-state index contributed by atoms with van der Waals surface area (Å²) < 4.78 is 5.19. The first-order chi connectivity index (χ1) is 6.31. The van der Waals surface area contributed by atoms with Crippen molar-refractivity contribution in [2.24, 2.45) is 5.73 Å². The maximum atomic E-state index is 11.8. The first-order valence-electron chi connectivity index (χ1n) is 4.89. The first-order valence-corrected chi connectivity index (χ1v) is 4.89. The zero-order valence-corrected chi connectivity index (χ0v) is 9.81. The molecule has 0 aliphatic carbocycles. The monoisotopic (exact) mass is 202 g/mol. The van der Waals surface area contributed by atoms with Gasteiger partial charge in [0.2, 0.25) is 0 Å². The summed E-state index contributed by atoms with van der Waals surface area (Å²) in [4.78, 5) is 11.8. The van der Waals surface area contributed by atoms with E-state index in [1.165, 1.54) is 0 Å². The maximum absolute atomic E-state index is 11.8. The second-order valence-electron chi connectivity index (χ2n) is 4.33. The summed E-state index contributed by atoms with van der Waals surface area (Å²) in [6.45, 7) is 7.86. The van der Waals surface area contributed by atoms with E-state index in [2.05, 4.69) is 5.32 Å². The minimum atomic E-state index is -0.757. The van der Waals surface area contributed by atoms with Crippen LogP contribution >= 0.6 is 0 Å². The Balaban J connectivity index is 4.48. The number of ether oxygens (including phenoxy) is 1. The van der Waals surface area contributed by atoms with Gasteiger partial charge in [-0.2, -0.15) is 0 Å². The Labute approximate surface area is 86.2 Å². The molecule has 3 N–H and O–H groups in total. The van der Waals surface area contributed by atoms with Crippen LogP contribution in [0, 0.1) is 0 Å². The molecule has 1 atom stereocenters. The third kappa shape index (κ3) is 3.27. The van der Waals surface area contributed by atoms with Crippen molar-refractivity contribution >= 4 is 5.91 Å². The SMILES string of the molecule is CCC(C)(OC)C(=O)NC(C)(C)CN. The van der Waals surface area contributed by atoms with E-state index in [1.54, 1.807) is 14.0 Å². The lowest BCUT2D eigenvalue weighted by Crippen LogP contribution is -2.56. The van der Waals surface area contributed by atoms with Gasteiger partial charge in [-0.15, -0.1) is 0 Å². The van der Waals surface area contributed by atoms with Gasteiger partial charge in [-0.25, -0.2) is 0 Å². The van der Waals surface area contributed by atoms with Gasteiger partial charge in [-0.05, 0) is 27.2 Å². The molecule has 0 fully saturated rings. The summed E-state index contributed by atoms with van der Waals surface area (Å²) in [5.74, 6) is -0.113. The number of nitrogens with two attached hydrogens (primary N) is 1. The molecule has 84 valence electrons. The number of carbonyl (C=O) groups excluding carboxylic acids is 1. The van der Waals surface area contributed by atoms with Crippen LogP contribution in [-0.2, 0) is 9.53 Å². The number of hydrogen-bond acceptors (Lipinski definition) is 3. The average Bonchev–Trinajstić information content (AvgIpc) is 2.16. The van der Waals surface area contributed by atoms with E-state index < -0.39 is 5.60 Å². The fourth-order valence-corrected chi connectivity index (χ4v) is 0.888. The highest BCUT2D eigenvalue weighted by atomic mass is 16.5. The van der Waals surface area contributed by atoms with Gasteiger partial charge in [-0.1, -0.05) is 6.92 Å². The average molecular weight is 202 g/mol. The molecule has 4 nitrogen and oxygen atoms in total. The number of rotatable bonds is 5. The minimum absolute atomic E-state index is 0.113. The van der Waals surface area contributed by atoms with E-state index in [0.29, 0.717) is 13.0 Å². The summed E-state index contributed by atoms with van der Waals surface area (Å²) in [6, 6.07) is 0. The lowest BCUT2D eigenvalue weighted by atomic mass is 9.98. The summed E-state index contributed by atoms with van der Waals surface area (Å²) in [5, 5.41) is 2.86. The fraction of sp³-hybridized carbons (Fsp3) is 0.900. The second kappa shape index (κ2) is 4.75. The molecule has 1 amide bonds. The van der Waals surface area contributed by atoms with Crippen LogP contribution in [0.25, 0.3) is 0 Å². The maximum Gasteiger partial charge on any atom is 0.252 e. The van der Waals surface area contributed by atoms with Crippen LogP contribution in [0.15, 0.2) is 0 Å². The molecule has 0 aliphatic heterocycles. The molecule has 1 unspecified atom stereocenters. The van der Waals surface area contributed by atoms with Gasteiger partial charge in [0.05, 0.1) is 0 Å². The van der Waals surface area contributed by atoms with Gasteiger partial charge in [-0.3, -0.25) is 4.79 Å². The quantitative estimate of drug-likeness (QED) is 0.688. The van der Waals surface area contributed by atoms with E-state index in [-0.39, 0.29) is 11.4 Å². The number of carbonyl (C=O) groups is 1. The minimum Gasteiger partial charge on any atom is -0.369 e. The Bertz CT molecular complexity index is 198. The fourth-order valence-electron chi connectivity index (χ4n) is 0.888. The molecular weight excluding hydrogens is 180 g/mol. The number of amides is 1. The van der Waals surface area contributed by atoms with Crippen molar-refractivity contribution in [1.82, 2.24) is 5.32 Å². The van der Waals surface area contributed by atoms with Crippen molar-refractivity contribution in [1.29, 1.82) is 0 Å². The molecule has 0 aromatic heterocycles. The normalized spacial score (nSPS) is 16.1. The van der Waals surface area contributed by atoms with Gasteiger partial charge < -0.3 is 15.8 Å². The lowest BCUT2D eigenvalue weighted by Gasteiger charge is -2.31. The van der Waals surface area contributed by atoms with E-state index >= 15 is 0 Å². The topological polar surface area (TPSA) is 64.3 Å². The van der Waals surface area contributed by atoms with Gasteiger partial charge in [0.25, 0.3) is 5.91 Å². The van der Waals surface area contributed by atoms with Crippen LogP contribution in [0.3, 0.4) is 0 Å². The molecule has 0 aliphatic rings. The van der Waals surface area contributed by atoms with Gasteiger partial charge >= 0.3 is 0 Å². The van der Waals surface area contributed by atoms with Crippen molar-refractivity contribution in [2.45, 2.75) is 45.3 Å². The largest absolute Gasteiger partial charge is 0.369 e. The molecule has 14 heavy (non-hydrogen) atoms. The second-order valence-corrected chi connectivity index (χ2v) is 4.33. The molecule has 0 aromatic carbocycles. The van der Waals surface area contributed by atoms with Crippen LogP contribution in [0.5, 0.6) is 0 Å². The van der Waals surface area contributed by atoms with Crippen molar-refractivity contribution in [3.05, 3.63) is 0 Å². The molecule has 4 heteroatoms. The zero-order valence-electron chi connectivity index (χ0n) is 9.81. The summed E-state index contributed by atoms with van der Waals surface area (Å²) in [6.07, 6.45) is 0.635. The molecule has 0 saturated carbocycles. The third-order valence-corrected chi connectivity index (χ3v) is 2.57. The molecule has 0 saturated heterocycles. The van der Waals surface area contributed by atoms with Crippen molar-refractivity contribution in [3.63, 3.8) is 0 Å². The smallest absolute Gasteiger partial charge is 0.252 e. The Hall–Kier alpha value is -0.610. The number of nitrogens with one attached hydrogen (secondary N) is 1. The van der Waals surface area contributed by atoms with E-state index in [0.717, 1.165) is 0 Å². The molecule has 0 spiro atoms. The molecule has 0 rings (SSSR count). The van der Waals surface area contributed by atoms with Crippen LogP contribution in [0.4, 0.5) is 0 Å². The van der Waals surface area contributed by atoms with E-state index in [4.69, 9.17) is 10.5 Å². The highest BCUT2D eigenvalue weighted by Gasteiger charge is 2.33. The third-order valence-electron chi connectivity index (χ3n) is 2.57. The molecule has 0 radical (unpaired) electrons. The van der Waals surface area contributed by atoms with Crippen LogP contribution in [-0.4, -0.2) is 30.7 Å². The predicted molar refractivity (Wildman–Crippen MR) is 57.0 cm³/mol. The van der Waals surface area contributed by atoms with Crippen molar-refractivity contribution in [3.8, 4) is 0 Å². The first kappa shape index (κ1) is 13.4. The predicted octanol–water partition coefficient (Wildman–Crippen LogP) is 0.655. The molecule has 0 heterocycles. The highest BCUT2D eigenvalue weighted by Crippen LogP contribution is 2.15. The number of hydrogen-bond donors (Lipinski definition) is 2. The zero-order chi connectivity index (χ0) is 11.4. The van der Waals surface area contributed by atoms with Gasteiger partial charge in [0, 0.05) is 19.2 Å².